The fourth-order valence-corrected chi connectivity index (χ4v) is 2.84. The van der Waals surface area contributed by atoms with E-state index < -0.39 is 15.4 Å². The lowest BCUT2D eigenvalue weighted by atomic mass is 10.1. The molecule has 8 heteroatoms. The number of aliphatic imine (C=N–C) groups is 1. The SMILES string of the molecule is CCNC(=NCC(C)(O)c1cccs1)NCCS(C)(=O)=O. The summed E-state index contributed by atoms with van der Waals surface area (Å²) >= 11 is 1.48. The smallest absolute Gasteiger partial charge is 0.191 e. The fraction of sp³-hybridized carbons (Fsp3) is 0.615. The third-order valence-corrected chi connectivity index (χ3v) is 4.78. The van der Waals surface area contributed by atoms with E-state index in [2.05, 4.69) is 15.6 Å². The van der Waals surface area contributed by atoms with Crippen molar-refractivity contribution >= 4 is 27.1 Å². The molecule has 1 heterocycles. The molecule has 0 radical (unpaired) electrons. The van der Waals surface area contributed by atoms with Gasteiger partial charge in [-0.2, -0.15) is 0 Å². The maximum absolute atomic E-state index is 11.1. The molecular weight excluding hydrogens is 310 g/mol. The van der Waals surface area contributed by atoms with Crippen molar-refractivity contribution < 1.29 is 13.5 Å². The number of guanidine groups is 1. The highest BCUT2D eigenvalue weighted by Gasteiger charge is 2.23. The molecule has 120 valence electrons. The van der Waals surface area contributed by atoms with E-state index in [1.807, 2.05) is 24.4 Å². The lowest BCUT2D eigenvalue weighted by molar-refractivity contribution is 0.0711. The Kier molecular flexibility index (Phi) is 6.63. The number of nitrogens with one attached hydrogen (secondary N) is 2. The summed E-state index contributed by atoms with van der Waals surface area (Å²) in [4.78, 5) is 5.16. The minimum atomic E-state index is -3.01. The van der Waals surface area contributed by atoms with Crippen molar-refractivity contribution in [1.29, 1.82) is 0 Å². The quantitative estimate of drug-likeness (QED) is 0.501. The van der Waals surface area contributed by atoms with E-state index in [0.29, 0.717) is 12.5 Å². The van der Waals surface area contributed by atoms with Crippen LogP contribution in [0.4, 0.5) is 0 Å². The van der Waals surface area contributed by atoms with Crippen molar-refractivity contribution in [2.24, 2.45) is 4.99 Å². The molecule has 0 aliphatic heterocycles. The van der Waals surface area contributed by atoms with E-state index in [0.717, 1.165) is 4.88 Å². The van der Waals surface area contributed by atoms with Crippen molar-refractivity contribution in [2.75, 3.05) is 31.6 Å². The molecule has 0 aliphatic carbocycles. The molecule has 0 bridgehead atoms. The first-order valence-corrected chi connectivity index (χ1v) is 9.65. The second-order valence-corrected chi connectivity index (χ2v) is 8.21. The zero-order valence-electron chi connectivity index (χ0n) is 12.6. The van der Waals surface area contributed by atoms with Crippen molar-refractivity contribution in [3.63, 3.8) is 0 Å². The zero-order chi connectivity index (χ0) is 15.9. The summed E-state index contributed by atoms with van der Waals surface area (Å²) in [5.74, 6) is 0.539. The van der Waals surface area contributed by atoms with Crippen LogP contribution in [-0.4, -0.2) is 51.1 Å². The predicted molar refractivity (Wildman–Crippen MR) is 87.6 cm³/mol. The monoisotopic (exact) mass is 333 g/mol. The van der Waals surface area contributed by atoms with Gasteiger partial charge in [0.15, 0.2) is 5.96 Å². The van der Waals surface area contributed by atoms with Crippen LogP contribution < -0.4 is 10.6 Å². The van der Waals surface area contributed by atoms with E-state index in [1.54, 1.807) is 6.92 Å². The van der Waals surface area contributed by atoms with Crippen LogP contribution in [0.2, 0.25) is 0 Å². The van der Waals surface area contributed by atoms with Gasteiger partial charge in [0, 0.05) is 24.2 Å². The third kappa shape index (κ3) is 6.92. The van der Waals surface area contributed by atoms with Crippen molar-refractivity contribution in [2.45, 2.75) is 19.4 Å². The number of hydrogen-bond acceptors (Lipinski definition) is 5. The number of hydrogen-bond donors (Lipinski definition) is 3. The Morgan fingerprint density at radius 3 is 2.71 bits per heavy atom. The molecular formula is C13H23N3O3S2. The molecule has 1 unspecified atom stereocenters. The normalized spacial score (nSPS) is 15.5. The van der Waals surface area contributed by atoms with Crippen molar-refractivity contribution in [3.8, 4) is 0 Å². The summed E-state index contributed by atoms with van der Waals surface area (Å²) in [6.45, 7) is 4.77. The molecule has 1 aromatic rings. The number of rotatable bonds is 7. The third-order valence-electron chi connectivity index (χ3n) is 2.71. The highest BCUT2D eigenvalue weighted by atomic mass is 32.2. The first-order chi connectivity index (χ1) is 9.74. The number of nitrogens with zero attached hydrogens (tertiary/aromatic N) is 1. The summed E-state index contributed by atoms with van der Waals surface area (Å²) < 4.78 is 22.2. The lowest BCUT2D eigenvalue weighted by Crippen LogP contribution is -2.40. The zero-order valence-corrected chi connectivity index (χ0v) is 14.2. The second kappa shape index (κ2) is 7.77. The molecule has 0 saturated carbocycles. The minimum Gasteiger partial charge on any atom is -0.383 e. The van der Waals surface area contributed by atoms with Crippen LogP contribution >= 0.6 is 11.3 Å². The lowest BCUT2D eigenvalue weighted by Gasteiger charge is -2.20. The van der Waals surface area contributed by atoms with Gasteiger partial charge < -0.3 is 15.7 Å². The Hall–Kier alpha value is -1.12. The van der Waals surface area contributed by atoms with E-state index in [9.17, 15) is 13.5 Å². The van der Waals surface area contributed by atoms with Crippen LogP contribution in [0.1, 0.15) is 18.7 Å². The van der Waals surface area contributed by atoms with Crippen molar-refractivity contribution in [1.82, 2.24) is 10.6 Å². The minimum absolute atomic E-state index is 0.0404. The average Bonchev–Trinajstić information content (AvgIpc) is 2.89. The number of sulfone groups is 1. The summed E-state index contributed by atoms with van der Waals surface area (Å²) in [6.07, 6.45) is 1.19. The van der Waals surface area contributed by atoms with Gasteiger partial charge in [-0.3, -0.25) is 0 Å². The molecule has 1 atom stereocenters. The number of thiophene rings is 1. The van der Waals surface area contributed by atoms with Gasteiger partial charge in [0.2, 0.25) is 0 Å². The van der Waals surface area contributed by atoms with E-state index in [-0.39, 0.29) is 18.8 Å². The van der Waals surface area contributed by atoms with Crippen LogP contribution in [-0.2, 0) is 15.4 Å². The summed E-state index contributed by atoms with van der Waals surface area (Å²) in [5.41, 5.74) is -1.03. The standard InChI is InChI=1S/C13H23N3O3S2/c1-4-14-12(15-7-9-21(3,18)19)16-10-13(2,17)11-6-5-8-20-11/h5-6,8,17H,4,7,9-10H2,1-3H3,(H2,14,15,16). The Labute approximate surface area is 130 Å². The van der Waals surface area contributed by atoms with Crippen LogP contribution in [0.25, 0.3) is 0 Å². The highest BCUT2D eigenvalue weighted by Crippen LogP contribution is 2.25. The Morgan fingerprint density at radius 1 is 1.48 bits per heavy atom. The Bertz CT molecular complexity index is 551. The van der Waals surface area contributed by atoms with Gasteiger partial charge in [-0.25, -0.2) is 13.4 Å². The Balaban J connectivity index is 2.63. The maximum Gasteiger partial charge on any atom is 0.191 e. The van der Waals surface area contributed by atoms with Crippen LogP contribution in [0.15, 0.2) is 22.5 Å². The molecule has 1 rings (SSSR count). The van der Waals surface area contributed by atoms with Crippen molar-refractivity contribution in [3.05, 3.63) is 22.4 Å². The molecule has 0 aromatic carbocycles. The second-order valence-electron chi connectivity index (χ2n) is 5.00. The molecule has 1 aromatic heterocycles. The number of aliphatic hydroxyl groups is 1. The van der Waals surface area contributed by atoms with Gasteiger partial charge in [-0.05, 0) is 25.3 Å². The molecule has 0 aliphatic rings. The Morgan fingerprint density at radius 2 is 2.19 bits per heavy atom. The molecule has 0 spiro atoms. The summed E-state index contributed by atoms with van der Waals surface area (Å²) in [5, 5.41) is 18.3. The maximum atomic E-state index is 11.1. The van der Waals surface area contributed by atoms with E-state index in [1.165, 1.54) is 17.6 Å². The van der Waals surface area contributed by atoms with Crippen LogP contribution in [0.3, 0.4) is 0 Å². The first-order valence-electron chi connectivity index (χ1n) is 6.71. The average molecular weight is 333 g/mol. The van der Waals surface area contributed by atoms with Crippen LogP contribution in [0, 0.1) is 0 Å². The molecule has 0 fully saturated rings. The van der Waals surface area contributed by atoms with Gasteiger partial charge in [-0.1, -0.05) is 6.07 Å². The largest absolute Gasteiger partial charge is 0.383 e. The predicted octanol–water partition coefficient (Wildman–Crippen LogP) is 0.555. The van der Waals surface area contributed by atoms with E-state index in [4.69, 9.17) is 0 Å². The van der Waals surface area contributed by atoms with Gasteiger partial charge in [-0.15, -0.1) is 11.3 Å². The first kappa shape index (κ1) is 17.9. The van der Waals surface area contributed by atoms with Gasteiger partial charge in [0.1, 0.15) is 15.4 Å². The fourth-order valence-electron chi connectivity index (χ4n) is 1.59. The van der Waals surface area contributed by atoms with Gasteiger partial charge in [0.25, 0.3) is 0 Å². The summed E-state index contributed by atoms with van der Waals surface area (Å²) in [6, 6.07) is 3.75. The molecule has 0 amide bonds. The van der Waals surface area contributed by atoms with Gasteiger partial charge in [0.05, 0.1) is 12.3 Å². The molecule has 21 heavy (non-hydrogen) atoms. The highest BCUT2D eigenvalue weighted by molar-refractivity contribution is 7.90. The van der Waals surface area contributed by atoms with Gasteiger partial charge >= 0.3 is 0 Å². The topological polar surface area (TPSA) is 90.8 Å². The molecule has 6 nitrogen and oxygen atoms in total. The molecule has 3 N–H and O–H groups in total. The molecule has 0 saturated heterocycles. The van der Waals surface area contributed by atoms with E-state index >= 15 is 0 Å². The summed E-state index contributed by atoms with van der Waals surface area (Å²) in [7, 11) is -3.01. The van der Waals surface area contributed by atoms with Crippen LogP contribution in [0.5, 0.6) is 0 Å².